The number of allylic oxidation sites excluding steroid dienone is 2. The number of carbonyl (C=O) groups is 1. The standard InChI is InChI=1S/C14H14ClN3O/c1-10(19)18-14-6-2-5-13(15)12(14)9-17(18)11-4-3-7-16-8-11/h2-8,12,14H,9H2,1H3. The molecule has 0 radical (unpaired) electrons. The van der Waals surface area contributed by atoms with Gasteiger partial charge in [-0.25, -0.2) is 5.01 Å². The molecule has 1 aromatic heterocycles. The van der Waals surface area contributed by atoms with Gasteiger partial charge in [0, 0.05) is 30.6 Å². The van der Waals surface area contributed by atoms with Crippen molar-refractivity contribution in [1.82, 2.24) is 9.99 Å². The summed E-state index contributed by atoms with van der Waals surface area (Å²) in [6.45, 7) is 2.27. The van der Waals surface area contributed by atoms with E-state index in [9.17, 15) is 4.79 Å². The second-order valence-electron chi connectivity index (χ2n) is 4.69. The number of aromatic nitrogens is 1. The monoisotopic (exact) mass is 275 g/mol. The zero-order valence-corrected chi connectivity index (χ0v) is 11.3. The van der Waals surface area contributed by atoms with E-state index in [1.54, 1.807) is 24.3 Å². The highest BCUT2D eigenvalue weighted by Gasteiger charge is 2.42. The lowest BCUT2D eigenvalue weighted by atomic mass is 9.96. The lowest BCUT2D eigenvalue weighted by molar-refractivity contribution is -0.129. The van der Waals surface area contributed by atoms with Gasteiger partial charge in [-0.1, -0.05) is 23.8 Å². The third-order valence-electron chi connectivity index (χ3n) is 3.51. The highest BCUT2D eigenvalue weighted by atomic mass is 35.5. The molecule has 2 aliphatic rings. The predicted molar refractivity (Wildman–Crippen MR) is 74.5 cm³/mol. The second kappa shape index (κ2) is 4.70. The van der Waals surface area contributed by atoms with E-state index in [4.69, 9.17) is 11.6 Å². The van der Waals surface area contributed by atoms with Crippen molar-refractivity contribution >= 4 is 23.2 Å². The molecular weight excluding hydrogens is 262 g/mol. The minimum atomic E-state index is -0.00444. The topological polar surface area (TPSA) is 36.4 Å². The largest absolute Gasteiger partial charge is 0.280 e. The van der Waals surface area contributed by atoms with Crippen LogP contribution in [0.2, 0.25) is 0 Å². The Hall–Kier alpha value is -1.81. The van der Waals surface area contributed by atoms with Crippen molar-refractivity contribution in [3.63, 3.8) is 0 Å². The normalized spacial score (nSPS) is 25.3. The molecular formula is C14H14ClN3O. The SMILES string of the molecule is CC(=O)N1C2C=CC=C(Cl)C2CN1c1cccnc1. The van der Waals surface area contributed by atoms with Crippen LogP contribution in [0.4, 0.5) is 5.69 Å². The van der Waals surface area contributed by atoms with Gasteiger partial charge >= 0.3 is 0 Å². The molecule has 5 heteroatoms. The van der Waals surface area contributed by atoms with Gasteiger partial charge in [0.2, 0.25) is 5.91 Å². The van der Waals surface area contributed by atoms with Crippen LogP contribution >= 0.6 is 11.6 Å². The average Bonchev–Trinajstić information content (AvgIpc) is 2.81. The number of pyridine rings is 1. The van der Waals surface area contributed by atoms with Crippen LogP contribution in [0.5, 0.6) is 0 Å². The molecule has 0 saturated carbocycles. The summed E-state index contributed by atoms with van der Waals surface area (Å²) in [6, 6.07) is 3.81. The number of anilines is 1. The predicted octanol–water partition coefficient (Wildman–Crippen LogP) is 2.34. The Kier molecular flexibility index (Phi) is 3.03. The summed E-state index contributed by atoms with van der Waals surface area (Å²) >= 11 is 6.27. The molecule has 0 bridgehead atoms. The Morgan fingerprint density at radius 1 is 1.53 bits per heavy atom. The summed E-state index contributed by atoms with van der Waals surface area (Å²) in [5.74, 6) is 0.142. The van der Waals surface area contributed by atoms with Gasteiger partial charge in [0.1, 0.15) is 0 Å². The molecule has 1 aliphatic carbocycles. The summed E-state index contributed by atoms with van der Waals surface area (Å²) in [7, 11) is 0. The fraction of sp³-hybridized carbons (Fsp3) is 0.286. The minimum Gasteiger partial charge on any atom is -0.280 e. The van der Waals surface area contributed by atoms with Crippen LogP contribution in [0.3, 0.4) is 0 Å². The first-order chi connectivity index (χ1) is 9.18. The second-order valence-corrected chi connectivity index (χ2v) is 5.13. The van der Waals surface area contributed by atoms with Crippen molar-refractivity contribution in [3.8, 4) is 0 Å². The molecule has 0 aromatic carbocycles. The van der Waals surface area contributed by atoms with Crippen molar-refractivity contribution in [2.24, 2.45) is 5.92 Å². The van der Waals surface area contributed by atoms with E-state index in [0.717, 1.165) is 10.7 Å². The Morgan fingerprint density at radius 3 is 3.05 bits per heavy atom. The molecule has 4 nitrogen and oxygen atoms in total. The van der Waals surface area contributed by atoms with Gasteiger partial charge in [0.15, 0.2) is 0 Å². The van der Waals surface area contributed by atoms with Crippen LogP contribution in [-0.4, -0.2) is 28.5 Å². The highest BCUT2D eigenvalue weighted by Crippen LogP contribution is 2.37. The van der Waals surface area contributed by atoms with Crippen LogP contribution in [0, 0.1) is 5.92 Å². The first kappa shape index (κ1) is 12.2. The molecule has 1 fully saturated rings. The number of fused-ring (bicyclic) bond motifs is 1. The summed E-state index contributed by atoms with van der Waals surface area (Å²) in [5, 5.41) is 4.51. The zero-order chi connectivity index (χ0) is 13.4. The smallest absolute Gasteiger partial charge is 0.238 e. The number of amides is 1. The molecule has 1 aromatic rings. The minimum absolute atomic E-state index is 0.00444. The fourth-order valence-corrected chi connectivity index (χ4v) is 2.95. The van der Waals surface area contributed by atoms with E-state index in [1.165, 1.54) is 0 Å². The third-order valence-corrected chi connectivity index (χ3v) is 3.92. The number of hydrogen-bond donors (Lipinski definition) is 0. The molecule has 1 saturated heterocycles. The Balaban J connectivity index is 1.99. The molecule has 0 spiro atoms. The third kappa shape index (κ3) is 2.02. The molecule has 1 aliphatic heterocycles. The maximum atomic E-state index is 12.0. The first-order valence-electron chi connectivity index (χ1n) is 6.19. The van der Waals surface area contributed by atoms with Crippen LogP contribution in [0.1, 0.15) is 6.92 Å². The maximum Gasteiger partial charge on any atom is 0.238 e. The Labute approximate surface area is 116 Å². The van der Waals surface area contributed by atoms with Gasteiger partial charge in [0.25, 0.3) is 0 Å². The van der Waals surface area contributed by atoms with Crippen molar-refractivity contribution < 1.29 is 4.79 Å². The van der Waals surface area contributed by atoms with E-state index >= 15 is 0 Å². The van der Waals surface area contributed by atoms with Gasteiger partial charge in [-0.15, -0.1) is 0 Å². The van der Waals surface area contributed by atoms with Gasteiger partial charge in [0.05, 0.1) is 17.9 Å². The molecule has 2 atom stereocenters. The van der Waals surface area contributed by atoms with Crippen LogP contribution in [0.25, 0.3) is 0 Å². The summed E-state index contributed by atoms with van der Waals surface area (Å²) in [4.78, 5) is 16.1. The quantitative estimate of drug-likeness (QED) is 0.789. The number of nitrogens with zero attached hydrogens (tertiary/aromatic N) is 3. The van der Waals surface area contributed by atoms with E-state index in [2.05, 4.69) is 4.98 Å². The van der Waals surface area contributed by atoms with Crippen molar-refractivity contribution in [3.05, 3.63) is 47.8 Å². The summed E-state index contributed by atoms with van der Waals surface area (Å²) in [5.41, 5.74) is 0.907. The number of hydrazine groups is 1. The lowest BCUT2D eigenvalue weighted by Crippen LogP contribution is -2.44. The average molecular weight is 276 g/mol. The van der Waals surface area contributed by atoms with Gasteiger partial charge in [-0.05, 0) is 18.2 Å². The summed E-state index contributed by atoms with van der Waals surface area (Å²) in [6.07, 6.45) is 9.31. The number of hydrogen-bond acceptors (Lipinski definition) is 3. The van der Waals surface area contributed by atoms with Crippen LogP contribution in [0.15, 0.2) is 47.8 Å². The highest BCUT2D eigenvalue weighted by molar-refractivity contribution is 6.30. The van der Waals surface area contributed by atoms with Gasteiger partial charge in [-0.2, -0.15) is 0 Å². The Morgan fingerprint density at radius 2 is 2.37 bits per heavy atom. The maximum absolute atomic E-state index is 12.0. The summed E-state index contributed by atoms with van der Waals surface area (Å²) < 4.78 is 0. The number of carbonyl (C=O) groups excluding carboxylic acids is 1. The fourth-order valence-electron chi connectivity index (χ4n) is 2.68. The van der Waals surface area contributed by atoms with E-state index in [-0.39, 0.29) is 17.9 Å². The molecule has 1 amide bonds. The van der Waals surface area contributed by atoms with Crippen LogP contribution < -0.4 is 5.01 Å². The van der Waals surface area contributed by atoms with Gasteiger partial charge in [-0.3, -0.25) is 14.8 Å². The van der Waals surface area contributed by atoms with Crippen molar-refractivity contribution in [1.29, 1.82) is 0 Å². The molecule has 3 rings (SSSR count). The lowest BCUT2D eigenvalue weighted by Gasteiger charge is -2.32. The van der Waals surface area contributed by atoms with Crippen molar-refractivity contribution in [2.75, 3.05) is 11.6 Å². The number of halogens is 1. The Bertz CT molecular complexity index is 555. The molecule has 2 unspecified atom stereocenters. The van der Waals surface area contributed by atoms with Crippen LogP contribution in [-0.2, 0) is 4.79 Å². The van der Waals surface area contributed by atoms with Gasteiger partial charge < -0.3 is 0 Å². The van der Waals surface area contributed by atoms with Crippen molar-refractivity contribution in [2.45, 2.75) is 13.0 Å². The molecule has 2 heterocycles. The van der Waals surface area contributed by atoms with E-state index in [0.29, 0.717) is 6.54 Å². The molecule has 19 heavy (non-hydrogen) atoms. The zero-order valence-electron chi connectivity index (χ0n) is 10.5. The van der Waals surface area contributed by atoms with E-state index in [1.807, 2.05) is 35.4 Å². The molecule has 98 valence electrons. The number of rotatable bonds is 1. The van der Waals surface area contributed by atoms with E-state index < -0.39 is 0 Å². The first-order valence-corrected chi connectivity index (χ1v) is 6.57. The molecule has 0 N–H and O–H groups in total.